The van der Waals surface area contributed by atoms with Crippen LogP contribution in [-0.4, -0.2) is 47.3 Å². The molecule has 1 heterocycles. The Morgan fingerprint density at radius 3 is 2.74 bits per heavy atom. The summed E-state index contributed by atoms with van der Waals surface area (Å²) in [6.07, 6.45) is 6.39. The molecule has 0 aromatic carbocycles. The first-order chi connectivity index (χ1) is 9.08. The molecule has 0 amide bonds. The number of hydrogen-bond acceptors (Lipinski definition) is 3. The molecule has 19 heavy (non-hydrogen) atoms. The predicted octanol–water partition coefficient (Wildman–Crippen LogP) is 2.95. The summed E-state index contributed by atoms with van der Waals surface area (Å²) in [6, 6.07) is 0. The van der Waals surface area contributed by atoms with Gasteiger partial charge in [-0.05, 0) is 33.4 Å². The molecule has 4 nitrogen and oxygen atoms in total. The number of alkyl halides is 1. The molecule has 0 saturated heterocycles. The van der Waals surface area contributed by atoms with Crippen molar-refractivity contribution in [1.82, 2.24) is 14.7 Å². The summed E-state index contributed by atoms with van der Waals surface area (Å²) >= 11 is 3.74. The summed E-state index contributed by atoms with van der Waals surface area (Å²) in [5.41, 5.74) is 1.21. The van der Waals surface area contributed by atoms with Crippen molar-refractivity contribution in [2.75, 3.05) is 27.7 Å². The highest BCUT2D eigenvalue weighted by molar-refractivity contribution is 9.09. The second-order valence-electron chi connectivity index (χ2n) is 5.11. The Morgan fingerprint density at radius 1 is 1.42 bits per heavy atom. The molecule has 110 valence electrons. The lowest BCUT2D eigenvalue weighted by molar-refractivity contribution is 0.365. The van der Waals surface area contributed by atoms with Crippen LogP contribution >= 0.6 is 15.9 Å². The fourth-order valence-corrected chi connectivity index (χ4v) is 2.74. The number of nitrogens with zero attached hydrogens (tertiary/aromatic N) is 3. The smallest absolute Gasteiger partial charge is 0.159 e. The molecule has 0 fully saturated rings. The molecule has 0 spiro atoms. The number of rotatable bonds is 9. The van der Waals surface area contributed by atoms with E-state index in [-0.39, 0.29) is 0 Å². The molecule has 1 rings (SSSR count). The molecule has 0 radical (unpaired) electrons. The van der Waals surface area contributed by atoms with Gasteiger partial charge in [0.15, 0.2) is 5.75 Å². The monoisotopic (exact) mass is 331 g/mol. The van der Waals surface area contributed by atoms with E-state index in [4.69, 9.17) is 4.74 Å². The second-order valence-corrected chi connectivity index (χ2v) is 6.41. The zero-order chi connectivity index (χ0) is 14.3. The molecule has 0 aliphatic rings. The molecule has 0 N–H and O–H groups in total. The van der Waals surface area contributed by atoms with Gasteiger partial charge in [-0.25, -0.2) is 0 Å². The standard InChI is InChI=1S/C14H26BrN3O/c1-5-6-12(15)7-8-13-14(19-4)11-16-18(13)10-9-17(2)3/h11-12H,5-10H2,1-4H3. The van der Waals surface area contributed by atoms with Crippen molar-refractivity contribution in [2.45, 2.75) is 44.0 Å². The maximum Gasteiger partial charge on any atom is 0.159 e. The summed E-state index contributed by atoms with van der Waals surface area (Å²) in [5.74, 6) is 0.912. The summed E-state index contributed by atoms with van der Waals surface area (Å²) < 4.78 is 7.49. The highest BCUT2D eigenvalue weighted by Gasteiger charge is 2.13. The van der Waals surface area contributed by atoms with Crippen LogP contribution in [0.2, 0.25) is 0 Å². The number of aromatic nitrogens is 2. The number of hydrogen-bond donors (Lipinski definition) is 0. The van der Waals surface area contributed by atoms with E-state index in [2.05, 4.69) is 51.6 Å². The fourth-order valence-electron chi connectivity index (χ4n) is 2.05. The van der Waals surface area contributed by atoms with E-state index in [9.17, 15) is 0 Å². The van der Waals surface area contributed by atoms with Gasteiger partial charge in [-0.2, -0.15) is 5.10 Å². The lowest BCUT2D eigenvalue weighted by Crippen LogP contribution is -2.20. The van der Waals surface area contributed by atoms with Crippen LogP contribution in [0.25, 0.3) is 0 Å². The molecule has 5 heteroatoms. The van der Waals surface area contributed by atoms with Gasteiger partial charge in [0.25, 0.3) is 0 Å². The minimum atomic E-state index is 0.583. The van der Waals surface area contributed by atoms with E-state index in [1.165, 1.54) is 18.5 Å². The summed E-state index contributed by atoms with van der Waals surface area (Å²) in [7, 11) is 5.88. The normalized spacial score (nSPS) is 12.9. The Labute approximate surface area is 125 Å². The van der Waals surface area contributed by atoms with Crippen LogP contribution in [0.5, 0.6) is 5.75 Å². The van der Waals surface area contributed by atoms with E-state index in [1.807, 2.05) is 6.20 Å². The summed E-state index contributed by atoms with van der Waals surface area (Å²) in [4.78, 5) is 2.75. The Hall–Kier alpha value is -0.550. The number of ether oxygens (including phenoxy) is 1. The van der Waals surface area contributed by atoms with Crippen molar-refractivity contribution in [1.29, 1.82) is 0 Å². The first-order valence-electron chi connectivity index (χ1n) is 6.96. The molecule has 1 unspecified atom stereocenters. The highest BCUT2D eigenvalue weighted by Crippen LogP contribution is 2.22. The molecule has 0 bridgehead atoms. The lowest BCUT2D eigenvalue weighted by atomic mass is 10.1. The van der Waals surface area contributed by atoms with Gasteiger partial charge in [0, 0.05) is 11.4 Å². The van der Waals surface area contributed by atoms with Crippen LogP contribution in [0.3, 0.4) is 0 Å². The van der Waals surface area contributed by atoms with Gasteiger partial charge in [0.2, 0.25) is 0 Å². The van der Waals surface area contributed by atoms with Gasteiger partial charge in [0.05, 0.1) is 25.5 Å². The van der Waals surface area contributed by atoms with Crippen molar-refractivity contribution in [2.24, 2.45) is 0 Å². The van der Waals surface area contributed by atoms with Crippen LogP contribution in [0.4, 0.5) is 0 Å². The van der Waals surface area contributed by atoms with Gasteiger partial charge >= 0.3 is 0 Å². The van der Waals surface area contributed by atoms with Crippen molar-refractivity contribution >= 4 is 15.9 Å². The molecule has 0 aliphatic heterocycles. The number of likely N-dealkylation sites (N-methyl/N-ethyl adjacent to an activating group) is 1. The van der Waals surface area contributed by atoms with Gasteiger partial charge in [-0.15, -0.1) is 0 Å². The minimum Gasteiger partial charge on any atom is -0.493 e. The zero-order valence-corrected chi connectivity index (χ0v) is 14.1. The quantitative estimate of drug-likeness (QED) is 0.652. The van der Waals surface area contributed by atoms with Gasteiger partial charge in [-0.3, -0.25) is 4.68 Å². The Bertz CT molecular complexity index is 366. The third-order valence-electron chi connectivity index (χ3n) is 3.19. The third-order valence-corrected chi connectivity index (χ3v) is 4.10. The van der Waals surface area contributed by atoms with E-state index in [0.29, 0.717) is 4.83 Å². The molecular weight excluding hydrogens is 306 g/mol. The first kappa shape index (κ1) is 16.5. The topological polar surface area (TPSA) is 30.3 Å². The molecule has 1 atom stereocenters. The van der Waals surface area contributed by atoms with Crippen LogP contribution in [0, 0.1) is 0 Å². The van der Waals surface area contributed by atoms with E-state index < -0.39 is 0 Å². The zero-order valence-electron chi connectivity index (χ0n) is 12.5. The maximum atomic E-state index is 5.41. The van der Waals surface area contributed by atoms with E-state index >= 15 is 0 Å². The fraction of sp³-hybridized carbons (Fsp3) is 0.786. The van der Waals surface area contributed by atoms with Crippen LogP contribution < -0.4 is 4.74 Å². The van der Waals surface area contributed by atoms with Crippen LogP contribution in [0.1, 0.15) is 31.9 Å². The predicted molar refractivity (Wildman–Crippen MR) is 83.3 cm³/mol. The van der Waals surface area contributed by atoms with E-state index in [1.54, 1.807) is 7.11 Å². The van der Waals surface area contributed by atoms with E-state index in [0.717, 1.165) is 31.7 Å². The Morgan fingerprint density at radius 2 is 2.16 bits per heavy atom. The molecule has 0 aliphatic carbocycles. The largest absolute Gasteiger partial charge is 0.493 e. The second kappa shape index (κ2) is 8.59. The summed E-state index contributed by atoms with van der Waals surface area (Å²) in [6.45, 7) is 4.12. The van der Waals surface area contributed by atoms with Crippen molar-refractivity contribution in [3.63, 3.8) is 0 Å². The minimum absolute atomic E-state index is 0.583. The average molecular weight is 332 g/mol. The van der Waals surface area contributed by atoms with Gasteiger partial charge in [-0.1, -0.05) is 29.3 Å². The highest BCUT2D eigenvalue weighted by atomic mass is 79.9. The Kier molecular flexibility index (Phi) is 7.46. The Balaban J connectivity index is 2.64. The van der Waals surface area contributed by atoms with Gasteiger partial charge < -0.3 is 9.64 Å². The lowest BCUT2D eigenvalue weighted by Gasteiger charge is -2.14. The number of halogens is 1. The third kappa shape index (κ3) is 5.53. The van der Waals surface area contributed by atoms with Crippen molar-refractivity contribution < 1.29 is 4.74 Å². The van der Waals surface area contributed by atoms with Gasteiger partial charge in [0.1, 0.15) is 0 Å². The molecule has 0 saturated carbocycles. The van der Waals surface area contributed by atoms with Crippen molar-refractivity contribution in [3.8, 4) is 5.75 Å². The van der Waals surface area contributed by atoms with Crippen molar-refractivity contribution in [3.05, 3.63) is 11.9 Å². The first-order valence-corrected chi connectivity index (χ1v) is 7.87. The van der Waals surface area contributed by atoms with Crippen LogP contribution in [0.15, 0.2) is 6.20 Å². The van der Waals surface area contributed by atoms with Crippen LogP contribution in [-0.2, 0) is 13.0 Å². The molecular formula is C14H26BrN3O. The SMILES string of the molecule is CCCC(Br)CCc1c(OC)cnn1CCN(C)C. The maximum absolute atomic E-state index is 5.41. The molecule has 1 aromatic rings. The summed E-state index contributed by atoms with van der Waals surface area (Å²) in [5, 5.41) is 4.43. The average Bonchev–Trinajstić information content (AvgIpc) is 2.76. The number of methoxy groups -OCH3 is 1. The molecule has 1 aromatic heterocycles.